The Balaban J connectivity index is 2.34. The van der Waals surface area contributed by atoms with Crippen LogP contribution in [0.5, 0.6) is 0 Å². The van der Waals surface area contributed by atoms with Crippen LogP contribution in [0.25, 0.3) is 0 Å². The summed E-state index contributed by atoms with van der Waals surface area (Å²) >= 11 is 1.78. The number of rotatable bonds is 3. The standard InChI is InChI=1S/C12H18N2O2S2/c1-8-5-11(13)9(2)12(6-8)18(15,16)14-10-3-4-17-7-10/h5-6,10,14H,3-4,7,13H2,1-2H3. The fourth-order valence-corrected chi connectivity index (χ4v) is 4.93. The molecule has 18 heavy (non-hydrogen) atoms. The summed E-state index contributed by atoms with van der Waals surface area (Å²) in [5.74, 6) is 1.86. The van der Waals surface area contributed by atoms with Crippen molar-refractivity contribution in [1.82, 2.24) is 4.72 Å². The van der Waals surface area contributed by atoms with Crippen molar-refractivity contribution >= 4 is 27.5 Å². The zero-order valence-electron chi connectivity index (χ0n) is 10.6. The number of hydrogen-bond acceptors (Lipinski definition) is 4. The number of aryl methyl sites for hydroxylation is 1. The van der Waals surface area contributed by atoms with Gasteiger partial charge in [-0.05, 0) is 49.3 Å². The summed E-state index contributed by atoms with van der Waals surface area (Å²) in [6.45, 7) is 3.59. The zero-order chi connectivity index (χ0) is 13.3. The summed E-state index contributed by atoms with van der Waals surface area (Å²) in [6, 6.07) is 3.51. The van der Waals surface area contributed by atoms with Crippen molar-refractivity contribution in [3.63, 3.8) is 0 Å². The van der Waals surface area contributed by atoms with Crippen molar-refractivity contribution < 1.29 is 8.42 Å². The third-order valence-corrected chi connectivity index (χ3v) is 5.89. The van der Waals surface area contributed by atoms with Gasteiger partial charge in [-0.15, -0.1) is 0 Å². The predicted molar refractivity (Wildman–Crippen MR) is 76.4 cm³/mol. The first kappa shape index (κ1) is 13.7. The molecule has 100 valence electrons. The average molecular weight is 286 g/mol. The molecule has 1 aliphatic heterocycles. The summed E-state index contributed by atoms with van der Waals surface area (Å²) < 4.78 is 27.4. The maximum atomic E-state index is 12.3. The molecule has 6 heteroatoms. The van der Waals surface area contributed by atoms with Gasteiger partial charge in [0.25, 0.3) is 0 Å². The highest BCUT2D eigenvalue weighted by Crippen LogP contribution is 2.25. The van der Waals surface area contributed by atoms with Gasteiger partial charge in [-0.1, -0.05) is 0 Å². The van der Waals surface area contributed by atoms with E-state index in [0.717, 1.165) is 23.5 Å². The molecule has 0 saturated carbocycles. The van der Waals surface area contributed by atoms with Gasteiger partial charge < -0.3 is 5.73 Å². The Hall–Kier alpha value is -0.720. The van der Waals surface area contributed by atoms with Crippen LogP contribution >= 0.6 is 11.8 Å². The molecule has 1 aromatic rings. The normalized spacial score (nSPS) is 20.2. The lowest BCUT2D eigenvalue weighted by Crippen LogP contribution is -2.35. The lowest BCUT2D eigenvalue weighted by molar-refractivity contribution is 0.562. The van der Waals surface area contributed by atoms with Crippen LogP contribution < -0.4 is 10.5 Å². The van der Waals surface area contributed by atoms with E-state index < -0.39 is 10.0 Å². The Kier molecular flexibility index (Phi) is 3.89. The van der Waals surface area contributed by atoms with Gasteiger partial charge >= 0.3 is 0 Å². The average Bonchev–Trinajstić information content (AvgIpc) is 2.75. The highest BCUT2D eigenvalue weighted by molar-refractivity contribution is 7.99. The fraction of sp³-hybridized carbons (Fsp3) is 0.500. The number of anilines is 1. The molecule has 1 aromatic carbocycles. The minimum absolute atomic E-state index is 0.0427. The van der Waals surface area contributed by atoms with E-state index >= 15 is 0 Å². The molecule has 0 bridgehead atoms. The van der Waals surface area contributed by atoms with Gasteiger partial charge in [-0.2, -0.15) is 11.8 Å². The van der Waals surface area contributed by atoms with Crippen molar-refractivity contribution in [1.29, 1.82) is 0 Å². The number of nitrogen functional groups attached to an aromatic ring is 1. The first-order chi connectivity index (χ1) is 8.40. The van der Waals surface area contributed by atoms with Crippen LogP contribution in [0.3, 0.4) is 0 Å². The van der Waals surface area contributed by atoms with Crippen LogP contribution in [0, 0.1) is 13.8 Å². The second-order valence-corrected chi connectivity index (χ2v) is 7.49. The Morgan fingerprint density at radius 1 is 1.39 bits per heavy atom. The van der Waals surface area contributed by atoms with Crippen LogP contribution in [0.4, 0.5) is 5.69 Å². The first-order valence-corrected chi connectivity index (χ1v) is 8.51. The molecule has 0 aromatic heterocycles. The van der Waals surface area contributed by atoms with Crippen LogP contribution in [0.1, 0.15) is 17.5 Å². The second kappa shape index (κ2) is 5.11. The van der Waals surface area contributed by atoms with Gasteiger partial charge in [0.2, 0.25) is 10.0 Å². The highest BCUT2D eigenvalue weighted by atomic mass is 32.2. The molecule has 0 radical (unpaired) electrons. The third kappa shape index (κ3) is 2.81. The molecule has 0 aliphatic carbocycles. The molecule has 1 atom stereocenters. The van der Waals surface area contributed by atoms with E-state index in [0.29, 0.717) is 16.1 Å². The molecular formula is C12H18N2O2S2. The maximum absolute atomic E-state index is 12.3. The van der Waals surface area contributed by atoms with E-state index in [4.69, 9.17) is 5.73 Å². The number of nitrogens with one attached hydrogen (secondary N) is 1. The zero-order valence-corrected chi connectivity index (χ0v) is 12.2. The maximum Gasteiger partial charge on any atom is 0.241 e. The van der Waals surface area contributed by atoms with E-state index in [9.17, 15) is 8.42 Å². The minimum Gasteiger partial charge on any atom is -0.398 e. The van der Waals surface area contributed by atoms with Crippen molar-refractivity contribution in [2.75, 3.05) is 17.2 Å². The van der Waals surface area contributed by atoms with Gasteiger partial charge in [0, 0.05) is 17.5 Å². The summed E-state index contributed by atoms with van der Waals surface area (Å²) in [5, 5.41) is 0. The number of sulfonamides is 1. The Morgan fingerprint density at radius 2 is 2.11 bits per heavy atom. The van der Waals surface area contributed by atoms with Crippen LogP contribution in [-0.4, -0.2) is 26.0 Å². The summed E-state index contributed by atoms with van der Waals surface area (Å²) in [4.78, 5) is 0.303. The van der Waals surface area contributed by atoms with Crippen LogP contribution in [0.2, 0.25) is 0 Å². The molecule has 2 rings (SSSR count). The molecule has 1 aliphatic rings. The predicted octanol–water partition coefficient (Wildman–Crippen LogP) is 1.67. The van der Waals surface area contributed by atoms with Crippen molar-refractivity contribution in [2.45, 2.75) is 31.2 Å². The quantitative estimate of drug-likeness (QED) is 0.829. The van der Waals surface area contributed by atoms with E-state index in [1.54, 1.807) is 30.8 Å². The molecule has 1 heterocycles. The number of benzene rings is 1. The number of nitrogens with two attached hydrogens (primary N) is 1. The van der Waals surface area contributed by atoms with E-state index in [2.05, 4.69) is 4.72 Å². The van der Waals surface area contributed by atoms with E-state index in [-0.39, 0.29) is 6.04 Å². The van der Waals surface area contributed by atoms with Gasteiger partial charge in [0.15, 0.2) is 0 Å². The summed E-state index contributed by atoms with van der Waals surface area (Å²) in [7, 11) is -3.46. The minimum atomic E-state index is -3.46. The molecule has 1 fully saturated rings. The van der Waals surface area contributed by atoms with Crippen molar-refractivity contribution in [3.8, 4) is 0 Å². The lowest BCUT2D eigenvalue weighted by atomic mass is 10.1. The molecule has 4 nitrogen and oxygen atoms in total. The lowest BCUT2D eigenvalue weighted by Gasteiger charge is -2.15. The first-order valence-electron chi connectivity index (χ1n) is 5.87. The molecule has 0 spiro atoms. The molecule has 0 amide bonds. The SMILES string of the molecule is Cc1cc(N)c(C)c(S(=O)(=O)NC2CCSC2)c1. The monoisotopic (exact) mass is 286 g/mol. The van der Waals surface area contributed by atoms with Gasteiger partial charge in [0.1, 0.15) is 0 Å². The molecule has 1 saturated heterocycles. The van der Waals surface area contributed by atoms with Gasteiger partial charge in [0.05, 0.1) is 4.90 Å². The Morgan fingerprint density at radius 3 is 2.72 bits per heavy atom. The fourth-order valence-electron chi connectivity index (χ4n) is 2.04. The van der Waals surface area contributed by atoms with E-state index in [1.807, 2.05) is 6.92 Å². The smallest absolute Gasteiger partial charge is 0.241 e. The van der Waals surface area contributed by atoms with Gasteiger partial charge in [-0.25, -0.2) is 13.1 Å². The van der Waals surface area contributed by atoms with Gasteiger partial charge in [-0.3, -0.25) is 0 Å². The molecule has 3 N–H and O–H groups in total. The Labute approximate surface area is 112 Å². The molecular weight excluding hydrogens is 268 g/mol. The topological polar surface area (TPSA) is 72.2 Å². The van der Waals surface area contributed by atoms with E-state index in [1.165, 1.54) is 0 Å². The number of hydrogen-bond donors (Lipinski definition) is 2. The summed E-state index contributed by atoms with van der Waals surface area (Å²) in [6.07, 6.45) is 0.893. The highest BCUT2D eigenvalue weighted by Gasteiger charge is 2.25. The van der Waals surface area contributed by atoms with Crippen LogP contribution in [0.15, 0.2) is 17.0 Å². The molecule has 1 unspecified atom stereocenters. The van der Waals surface area contributed by atoms with Crippen molar-refractivity contribution in [2.24, 2.45) is 0 Å². The second-order valence-electron chi connectivity index (χ2n) is 4.66. The summed E-state index contributed by atoms with van der Waals surface area (Å²) in [5.41, 5.74) is 7.84. The van der Waals surface area contributed by atoms with Crippen molar-refractivity contribution in [3.05, 3.63) is 23.3 Å². The van der Waals surface area contributed by atoms with Crippen LogP contribution in [-0.2, 0) is 10.0 Å². The third-order valence-electron chi connectivity index (χ3n) is 3.09. The Bertz CT molecular complexity index is 549. The number of thioether (sulfide) groups is 1. The largest absolute Gasteiger partial charge is 0.398 e.